The number of nitrogen functional groups attached to an aromatic ring is 1. The highest BCUT2D eigenvalue weighted by molar-refractivity contribution is 9.10. The molecule has 2 aromatic rings. The lowest BCUT2D eigenvalue weighted by molar-refractivity contribution is 1.17. The fraction of sp³-hybridized carbons (Fsp3) is 0. The molecular weight excluding hydrogens is 362 g/mol. The third-order valence-corrected chi connectivity index (χ3v) is 4.03. The molecule has 0 bridgehead atoms. The standard InChI is InChI=1S/C10H6BrCl3N4/c11-4-1-2-6(8(13)7(4)12)17-9-5(15)3-16-10(14)18-9/h1-3H,15H2,(H,16,17,18). The monoisotopic (exact) mass is 366 g/mol. The van der Waals surface area contributed by atoms with Gasteiger partial charge in [0.2, 0.25) is 5.28 Å². The Kier molecular flexibility index (Phi) is 4.17. The first-order chi connectivity index (χ1) is 8.49. The number of nitrogens with two attached hydrogens (primary N) is 1. The predicted molar refractivity (Wildman–Crippen MR) is 78.9 cm³/mol. The van der Waals surface area contributed by atoms with E-state index in [0.717, 1.165) is 0 Å². The van der Waals surface area contributed by atoms with Crippen molar-refractivity contribution in [3.05, 3.63) is 38.1 Å². The van der Waals surface area contributed by atoms with Gasteiger partial charge in [0.05, 0.1) is 27.6 Å². The van der Waals surface area contributed by atoms with Crippen LogP contribution in [0.2, 0.25) is 15.3 Å². The third-order valence-electron chi connectivity index (χ3n) is 2.08. The molecule has 94 valence electrons. The quantitative estimate of drug-likeness (QED) is 0.604. The van der Waals surface area contributed by atoms with Gasteiger partial charge in [-0.3, -0.25) is 0 Å². The van der Waals surface area contributed by atoms with Crippen LogP contribution < -0.4 is 11.1 Å². The number of nitrogens with one attached hydrogen (secondary N) is 1. The van der Waals surface area contributed by atoms with E-state index in [1.807, 2.05) is 0 Å². The summed E-state index contributed by atoms with van der Waals surface area (Å²) in [4.78, 5) is 7.72. The average Bonchev–Trinajstić information content (AvgIpc) is 2.34. The fourth-order valence-corrected chi connectivity index (χ4v) is 2.17. The molecule has 2 rings (SSSR count). The van der Waals surface area contributed by atoms with Crippen LogP contribution in [0.4, 0.5) is 17.2 Å². The number of rotatable bonds is 2. The van der Waals surface area contributed by atoms with Gasteiger partial charge in [0.25, 0.3) is 0 Å². The number of hydrogen-bond donors (Lipinski definition) is 2. The van der Waals surface area contributed by atoms with Crippen LogP contribution in [0.15, 0.2) is 22.8 Å². The lowest BCUT2D eigenvalue weighted by Gasteiger charge is -2.11. The molecule has 1 aromatic carbocycles. The third kappa shape index (κ3) is 2.80. The summed E-state index contributed by atoms with van der Waals surface area (Å²) in [6.45, 7) is 0. The van der Waals surface area contributed by atoms with Gasteiger partial charge >= 0.3 is 0 Å². The molecule has 0 radical (unpaired) electrons. The van der Waals surface area contributed by atoms with E-state index >= 15 is 0 Å². The van der Waals surface area contributed by atoms with E-state index in [1.165, 1.54) is 6.20 Å². The van der Waals surface area contributed by atoms with E-state index in [0.29, 0.717) is 31.7 Å². The molecule has 0 saturated carbocycles. The van der Waals surface area contributed by atoms with Crippen LogP contribution in [0, 0.1) is 0 Å². The zero-order valence-corrected chi connectivity index (χ0v) is 12.6. The molecule has 1 aromatic heterocycles. The molecule has 3 N–H and O–H groups in total. The highest BCUT2D eigenvalue weighted by Gasteiger charge is 2.11. The minimum atomic E-state index is 0.0889. The van der Waals surface area contributed by atoms with Gasteiger partial charge in [0.15, 0.2) is 5.82 Å². The Morgan fingerprint density at radius 2 is 1.89 bits per heavy atom. The first-order valence-corrected chi connectivity index (χ1v) is 6.60. The maximum atomic E-state index is 6.10. The maximum absolute atomic E-state index is 6.10. The summed E-state index contributed by atoms with van der Waals surface area (Å²) in [6, 6.07) is 3.50. The molecule has 0 aliphatic heterocycles. The number of benzene rings is 1. The molecule has 0 fully saturated rings. The van der Waals surface area contributed by atoms with Crippen LogP contribution in [-0.2, 0) is 0 Å². The smallest absolute Gasteiger partial charge is 0.224 e. The number of hydrogen-bond acceptors (Lipinski definition) is 4. The van der Waals surface area contributed by atoms with E-state index in [9.17, 15) is 0 Å². The van der Waals surface area contributed by atoms with Crippen LogP contribution in [0.25, 0.3) is 0 Å². The molecule has 0 spiro atoms. The van der Waals surface area contributed by atoms with Gasteiger partial charge in [-0.2, -0.15) is 4.98 Å². The summed E-state index contributed by atoms with van der Waals surface area (Å²) in [5, 5.41) is 3.80. The second kappa shape index (κ2) is 5.48. The summed E-state index contributed by atoms with van der Waals surface area (Å²) in [5.41, 5.74) is 6.66. The van der Waals surface area contributed by atoms with E-state index in [2.05, 4.69) is 31.2 Å². The number of anilines is 3. The Labute approximate surface area is 127 Å². The van der Waals surface area contributed by atoms with E-state index in [-0.39, 0.29) is 5.28 Å². The Morgan fingerprint density at radius 3 is 2.61 bits per heavy atom. The molecule has 8 heteroatoms. The van der Waals surface area contributed by atoms with Gasteiger partial charge < -0.3 is 11.1 Å². The predicted octanol–water partition coefficient (Wildman–Crippen LogP) is 4.53. The maximum Gasteiger partial charge on any atom is 0.224 e. The van der Waals surface area contributed by atoms with Gasteiger partial charge in [-0.1, -0.05) is 23.2 Å². The van der Waals surface area contributed by atoms with Gasteiger partial charge in [-0.25, -0.2) is 4.98 Å². The Bertz CT molecular complexity index is 606. The lowest BCUT2D eigenvalue weighted by Crippen LogP contribution is -2.01. The molecule has 1 heterocycles. The topological polar surface area (TPSA) is 63.8 Å². The zero-order chi connectivity index (χ0) is 13.3. The largest absolute Gasteiger partial charge is 0.394 e. The minimum Gasteiger partial charge on any atom is -0.394 e. The van der Waals surface area contributed by atoms with E-state index in [4.69, 9.17) is 40.5 Å². The van der Waals surface area contributed by atoms with Crippen molar-refractivity contribution in [2.45, 2.75) is 0 Å². The van der Waals surface area contributed by atoms with Crippen LogP contribution in [0.1, 0.15) is 0 Å². The average molecular weight is 368 g/mol. The van der Waals surface area contributed by atoms with Crippen LogP contribution in [0.3, 0.4) is 0 Å². The van der Waals surface area contributed by atoms with Crippen molar-refractivity contribution in [3.8, 4) is 0 Å². The van der Waals surface area contributed by atoms with Crippen molar-refractivity contribution in [2.24, 2.45) is 0 Å². The van der Waals surface area contributed by atoms with Crippen molar-refractivity contribution < 1.29 is 0 Å². The highest BCUT2D eigenvalue weighted by Crippen LogP contribution is 2.37. The van der Waals surface area contributed by atoms with Gasteiger partial charge in [0, 0.05) is 4.47 Å². The molecule has 0 saturated heterocycles. The summed E-state index contributed by atoms with van der Waals surface area (Å²) in [7, 11) is 0. The molecule has 0 aliphatic carbocycles. The molecule has 0 unspecified atom stereocenters. The summed E-state index contributed by atoms with van der Waals surface area (Å²) in [6.07, 6.45) is 1.41. The molecule has 4 nitrogen and oxygen atoms in total. The highest BCUT2D eigenvalue weighted by atomic mass is 79.9. The van der Waals surface area contributed by atoms with Crippen molar-refractivity contribution >= 4 is 67.9 Å². The summed E-state index contributed by atoms with van der Waals surface area (Å²) in [5.74, 6) is 0.371. The summed E-state index contributed by atoms with van der Waals surface area (Å²) >= 11 is 21.1. The van der Waals surface area contributed by atoms with Gasteiger partial charge in [0.1, 0.15) is 0 Å². The second-order valence-corrected chi connectivity index (χ2v) is 5.24. The Hall–Kier alpha value is -0.750. The Balaban J connectivity index is 2.40. The fourth-order valence-electron chi connectivity index (χ4n) is 1.22. The molecule has 0 aliphatic rings. The van der Waals surface area contributed by atoms with Crippen LogP contribution in [0.5, 0.6) is 0 Å². The second-order valence-electron chi connectivity index (χ2n) is 3.29. The number of halogens is 4. The van der Waals surface area contributed by atoms with Crippen molar-refractivity contribution in [1.29, 1.82) is 0 Å². The first kappa shape index (κ1) is 13.7. The lowest BCUT2D eigenvalue weighted by atomic mass is 10.3. The SMILES string of the molecule is Nc1cnc(Cl)nc1Nc1ccc(Br)c(Cl)c1Cl. The van der Waals surface area contributed by atoms with Crippen molar-refractivity contribution in [2.75, 3.05) is 11.1 Å². The minimum absolute atomic E-state index is 0.0889. The van der Waals surface area contributed by atoms with Crippen molar-refractivity contribution in [3.63, 3.8) is 0 Å². The van der Waals surface area contributed by atoms with E-state index in [1.54, 1.807) is 12.1 Å². The van der Waals surface area contributed by atoms with Crippen molar-refractivity contribution in [1.82, 2.24) is 9.97 Å². The Morgan fingerprint density at radius 1 is 1.17 bits per heavy atom. The molecule has 18 heavy (non-hydrogen) atoms. The number of nitrogens with zero attached hydrogens (tertiary/aromatic N) is 2. The van der Waals surface area contributed by atoms with Gasteiger partial charge in [-0.05, 0) is 39.7 Å². The van der Waals surface area contributed by atoms with Crippen LogP contribution >= 0.6 is 50.7 Å². The van der Waals surface area contributed by atoms with Crippen LogP contribution in [-0.4, -0.2) is 9.97 Å². The normalized spacial score (nSPS) is 10.4. The molecular formula is C10H6BrCl3N4. The zero-order valence-electron chi connectivity index (χ0n) is 8.72. The molecule has 0 amide bonds. The van der Waals surface area contributed by atoms with Gasteiger partial charge in [-0.15, -0.1) is 0 Å². The number of aromatic nitrogens is 2. The molecule has 0 atom stereocenters. The van der Waals surface area contributed by atoms with E-state index < -0.39 is 0 Å². The summed E-state index contributed by atoms with van der Waals surface area (Å²) < 4.78 is 0.702. The first-order valence-electron chi connectivity index (χ1n) is 4.67.